The summed E-state index contributed by atoms with van der Waals surface area (Å²) in [5, 5.41) is 13.9. The molecule has 3 aromatic carbocycles. The van der Waals surface area contributed by atoms with Crippen molar-refractivity contribution in [3.05, 3.63) is 99.4 Å². The maximum Gasteiger partial charge on any atom is 0.219 e. The number of thioether (sulfide) groups is 2. The molecular weight excluding hydrogens is 468 g/mol. The van der Waals surface area contributed by atoms with E-state index in [4.69, 9.17) is 11.6 Å². The van der Waals surface area contributed by atoms with Crippen LogP contribution >= 0.6 is 35.1 Å². The van der Waals surface area contributed by atoms with Gasteiger partial charge in [-0.2, -0.15) is 5.26 Å². The van der Waals surface area contributed by atoms with Gasteiger partial charge in [0.2, 0.25) is 9.84 Å². The average Bonchev–Trinajstić information content (AvgIpc) is 2.78. The van der Waals surface area contributed by atoms with E-state index in [-0.39, 0.29) is 14.8 Å². The lowest BCUT2D eigenvalue weighted by Crippen LogP contribution is -2.10. The number of nitrogens with zero attached hydrogens (tertiary/aromatic N) is 1. The Labute approximate surface area is 196 Å². The first-order valence-corrected chi connectivity index (χ1v) is 13.2. The molecule has 4 nitrogen and oxygen atoms in total. The smallest absolute Gasteiger partial charge is 0.219 e. The molecule has 0 saturated carbocycles. The third-order valence-corrected chi connectivity index (χ3v) is 8.12. The first-order valence-electron chi connectivity index (χ1n) is 9.17. The molecule has 0 amide bonds. The highest BCUT2D eigenvalue weighted by Gasteiger charge is 2.25. The van der Waals surface area contributed by atoms with Crippen molar-refractivity contribution in [2.45, 2.75) is 15.5 Å². The predicted octanol–water partition coefficient (Wildman–Crippen LogP) is 6.57. The van der Waals surface area contributed by atoms with Crippen LogP contribution in [0.2, 0.25) is 5.02 Å². The van der Waals surface area contributed by atoms with Crippen molar-refractivity contribution in [3.63, 3.8) is 0 Å². The van der Waals surface area contributed by atoms with Crippen LogP contribution < -0.4 is 5.32 Å². The maximum absolute atomic E-state index is 13.2. The summed E-state index contributed by atoms with van der Waals surface area (Å²) in [5.41, 5.74) is 1.63. The molecule has 0 atom stereocenters. The van der Waals surface area contributed by atoms with Crippen molar-refractivity contribution < 1.29 is 8.42 Å². The van der Waals surface area contributed by atoms with Crippen molar-refractivity contribution in [1.29, 1.82) is 5.26 Å². The molecule has 0 saturated heterocycles. The number of halogens is 1. The molecule has 0 fully saturated rings. The van der Waals surface area contributed by atoms with Gasteiger partial charge in [-0.15, -0.1) is 23.5 Å². The van der Waals surface area contributed by atoms with Gasteiger partial charge in [0.1, 0.15) is 11.1 Å². The molecule has 3 rings (SSSR count). The molecule has 0 unspecified atom stereocenters. The first kappa shape index (κ1) is 23.3. The van der Waals surface area contributed by atoms with E-state index in [1.54, 1.807) is 36.0 Å². The van der Waals surface area contributed by atoms with Crippen molar-refractivity contribution >= 4 is 50.6 Å². The SMILES string of the molecule is CSc1cccc(NC(SCc2cccc(Cl)c2)=C(C#N)S(=O)(=O)c2ccccc2)c1. The Morgan fingerprint density at radius 2 is 1.77 bits per heavy atom. The fourth-order valence-electron chi connectivity index (χ4n) is 2.72. The van der Waals surface area contributed by atoms with Crippen LogP contribution in [0.4, 0.5) is 5.69 Å². The minimum atomic E-state index is -3.99. The normalized spacial score (nSPS) is 12.0. The molecule has 0 heterocycles. The van der Waals surface area contributed by atoms with Gasteiger partial charge in [0.15, 0.2) is 4.91 Å². The fraction of sp³-hybridized carbons (Fsp3) is 0.0870. The Morgan fingerprint density at radius 3 is 2.45 bits per heavy atom. The Kier molecular flexibility index (Phi) is 8.10. The minimum Gasteiger partial charge on any atom is -0.349 e. The molecular formula is C23H19ClN2O2S3. The molecule has 158 valence electrons. The van der Waals surface area contributed by atoms with Crippen LogP contribution in [-0.2, 0) is 15.6 Å². The largest absolute Gasteiger partial charge is 0.349 e. The number of nitrogens with one attached hydrogen (secondary N) is 1. The number of benzene rings is 3. The molecule has 0 aliphatic heterocycles. The van der Waals surface area contributed by atoms with Crippen molar-refractivity contribution in [2.75, 3.05) is 11.6 Å². The number of hydrogen-bond acceptors (Lipinski definition) is 6. The lowest BCUT2D eigenvalue weighted by Gasteiger charge is -2.14. The zero-order valence-corrected chi connectivity index (χ0v) is 19.8. The average molecular weight is 487 g/mol. The zero-order chi connectivity index (χ0) is 22.3. The van der Waals surface area contributed by atoms with Crippen LogP contribution in [0, 0.1) is 11.3 Å². The van der Waals surface area contributed by atoms with Gasteiger partial charge < -0.3 is 5.32 Å². The second-order valence-electron chi connectivity index (χ2n) is 6.36. The Bertz CT molecular complexity index is 1240. The van der Waals surface area contributed by atoms with E-state index in [1.165, 1.54) is 23.9 Å². The molecule has 0 bridgehead atoms. The summed E-state index contributed by atoms with van der Waals surface area (Å²) < 4.78 is 26.4. The highest BCUT2D eigenvalue weighted by Crippen LogP contribution is 2.32. The molecule has 0 aromatic heterocycles. The molecule has 0 spiro atoms. The number of anilines is 1. The third-order valence-electron chi connectivity index (χ3n) is 4.23. The van der Waals surface area contributed by atoms with Crippen molar-refractivity contribution in [3.8, 4) is 6.07 Å². The van der Waals surface area contributed by atoms with E-state index >= 15 is 0 Å². The molecule has 0 radical (unpaired) electrons. The van der Waals surface area contributed by atoms with Crippen molar-refractivity contribution in [2.24, 2.45) is 0 Å². The van der Waals surface area contributed by atoms with Gasteiger partial charge in [-0.3, -0.25) is 0 Å². The summed E-state index contributed by atoms with van der Waals surface area (Å²) in [5.74, 6) is 0.445. The Morgan fingerprint density at radius 1 is 1.03 bits per heavy atom. The molecule has 0 aliphatic rings. The molecule has 31 heavy (non-hydrogen) atoms. The van der Waals surface area contributed by atoms with Gasteiger partial charge in [-0.05, 0) is 54.3 Å². The monoisotopic (exact) mass is 486 g/mol. The van der Waals surface area contributed by atoms with Crippen LogP contribution in [0.5, 0.6) is 0 Å². The summed E-state index contributed by atoms with van der Waals surface area (Å²) in [7, 11) is -3.99. The van der Waals surface area contributed by atoms with Crippen LogP contribution in [0.1, 0.15) is 5.56 Å². The highest BCUT2D eigenvalue weighted by atomic mass is 35.5. The number of allylic oxidation sites excluding steroid dienone is 1. The second kappa shape index (κ2) is 10.8. The molecule has 1 N–H and O–H groups in total. The van der Waals surface area contributed by atoms with Crippen LogP contribution in [0.25, 0.3) is 0 Å². The van der Waals surface area contributed by atoms with Gasteiger partial charge in [-0.25, -0.2) is 8.42 Å². The molecule has 0 aliphatic carbocycles. The number of rotatable bonds is 8. The number of nitriles is 1. The van der Waals surface area contributed by atoms with E-state index in [9.17, 15) is 13.7 Å². The summed E-state index contributed by atoms with van der Waals surface area (Å²) in [6.07, 6.45) is 1.96. The fourth-order valence-corrected chi connectivity index (χ4v) is 5.92. The quantitative estimate of drug-likeness (QED) is 0.286. The van der Waals surface area contributed by atoms with Gasteiger partial charge in [0, 0.05) is 21.4 Å². The van der Waals surface area contributed by atoms with E-state index in [0.29, 0.717) is 16.5 Å². The van der Waals surface area contributed by atoms with Crippen LogP contribution in [0.3, 0.4) is 0 Å². The summed E-state index contributed by atoms with van der Waals surface area (Å²) in [6, 6.07) is 24.8. The summed E-state index contributed by atoms with van der Waals surface area (Å²) >= 11 is 8.90. The van der Waals surface area contributed by atoms with E-state index in [2.05, 4.69) is 5.32 Å². The summed E-state index contributed by atoms with van der Waals surface area (Å²) in [6.45, 7) is 0. The van der Waals surface area contributed by atoms with Gasteiger partial charge in [0.25, 0.3) is 0 Å². The predicted molar refractivity (Wildman–Crippen MR) is 131 cm³/mol. The molecule has 8 heteroatoms. The van der Waals surface area contributed by atoms with Gasteiger partial charge in [0.05, 0.1) is 4.90 Å². The zero-order valence-electron chi connectivity index (χ0n) is 16.6. The van der Waals surface area contributed by atoms with Gasteiger partial charge >= 0.3 is 0 Å². The number of sulfone groups is 1. The Balaban J connectivity index is 2.04. The van der Waals surface area contributed by atoms with E-state index in [1.807, 2.05) is 54.8 Å². The number of hydrogen-bond donors (Lipinski definition) is 1. The topological polar surface area (TPSA) is 70.0 Å². The minimum absolute atomic E-state index is 0.0760. The lowest BCUT2D eigenvalue weighted by atomic mass is 10.2. The maximum atomic E-state index is 13.2. The van der Waals surface area contributed by atoms with Crippen LogP contribution in [0.15, 0.2) is 98.6 Å². The van der Waals surface area contributed by atoms with Crippen LogP contribution in [-0.4, -0.2) is 14.7 Å². The highest BCUT2D eigenvalue weighted by molar-refractivity contribution is 8.04. The molecule has 3 aromatic rings. The van der Waals surface area contributed by atoms with Gasteiger partial charge in [-0.1, -0.05) is 48.0 Å². The van der Waals surface area contributed by atoms with E-state index < -0.39 is 9.84 Å². The van der Waals surface area contributed by atoms with E-state index in [0.717, 1.165) is 10.5 Å². The Hall–Kier alpha value is -2.37. The summed E-state index contributed by atoms with van der Waals surface area (Å²) in [4.78, 5) is 0.779. The second-order valence-corrected chi connectivity index (χ2v) is 10.6. The third kappa shape index (κ3) is 6.08. The van der Waals surface area contributed by atoms with Crippen molar-refractivity contribution in [1.82, 2.24) is 0 Å². The first-order chi connectivity index (χ1) is 14.9. The standard InChI is InChI=1S/C23H19ClN2O2S3/c1-29-20-10-6-9-19(14-20)26-23(30-16-17-7-5-8-18(24)13-17)22(15-25)31(27,28)21-11-3-2-4-12-21/h2-14,26H,16H2,1H3. The lowest BCUT2D eigenvalue weighted by molar-refractivity contribution is 0.603.